The van der Waals surface area contributed by atoms with Crippen LogP contribution in [0.1, 0.15) is 6.42 Å². The summed E-state index contributed by atoms with van der Waals surface area (Å²) in [5.74, 6) is -0.449. The number of aromatic amines is 1. The maximum absolute atomic E-state index is 12.1. The first kappa shape index (κ1) is 14.7. The molecular weight excluding hydrogens is 306 g/mol. The fourth-order valence-electron chi connectivity index (χ4n) is 2.78. The summed E-state index contributed by atoms with van der Waals surface area (Å²) in [6.07, 6.45) is 0.102. The summed E-state index contributed by atoms with van der Waals surface area (Å²) < 4.78 is 22.3. The Morgan fingerprint density at radius 3 is 2.73 bits per heavy atom. The lowest BCUT2D eigenvalue weighted by Gasteiger charge is -2.17. The van der Waals surface area contributed by atoms with E-state index in [0.29, 0.717) is 16.7 Å². The minimum atomic E-state index is -3.63. The van der Waals surface area contributed by atoms with Gasteiger partial charge in [-0.25, -0.2) is 13.6 Å². The van der Waals surface area contributed by atoms with Gasteiger partial charge in [0.05, 0.1) is 11.3 Å². The number of anilines is 1. The molecule has 1 atom stereocenters. The number of benzene rings is 1. The van der Waals surface area contributed by atoms with Gasteiger partial charge in [-0.05, 0) is 12.1 Å². The highest BCUT2D eigenvalue weighted by atomic mass is 32.2. The second-order valence-corrected chi connectivity index (χ2v) is 7.13. The van der Waals surface area contributed by atoms with E-state index in [-0.39, 0.29) is 36.0 Å². The summed E-state index contributed by atoms with van der Waals surface area (Å²) in [4.78, 5) is 28.6. The average molecular weight is 321 g/mol. The van der Waals surface area contributed by atoms with E-state index >= 15 is 0 Å². The maximum Gasteiger partial charge on any atom is 0.228 e. The van der Waals surface area contributed by atoms with Crippen LogP contribution in [0.2, 0.25) is 0 Å². The highest BCUT2D eigenvalue weighted by Gasteiger charge is 2.33. The molecule has 1 aliphatic rings. The Morgan fingerprint density at radius 1 is 1.27 bits per heavy atom. The van der Waals surface area contributed by atoms with Gasteiger partial charge in [0.25, 0.3) is 0 Å². The third-order valence-corrected chi connectivity index (χ3v) is 4.62. The van der Waals surface area contributed by atoms with E-state index < -0.39 is 10.0 Å². The van der Waals surface area contributed by atoms with Gasteiger partial charge >= 0.3 is 0 Å². The van der Waals surface area contributed by atoms with Crippen LogP contribution in [-0.4, -0.2) is 31.6 Å². The molecule has 22 heavy (non-hydrogen) atoms. The van der Waals surface area contributed by atoms with Gasteiger partial charge in [0.15, 0.2) is 5.43 Å². The second-order valence-electron chi connectivity index (χ2n) is 5.47. The quantitative estimate of drug-likeness (QED) is 0.838. The van der Waals surface area contributed by atoms with Crippen molar-refractivity contribution < 1.29 is 13.2 Å². The van der Waals surface area contributed by atoms with E-state index in [4.69, 9.17) is 5.14 Å². The number of fused-ring (bicyclic) bond motifs is 1. The van der Waals surface area contributed by atoms with Crippen LogP contribution < -0.4 is 15.5 Å². The third kappa shape index (κ3) is 2.88. The van der Waals surface area contributed by atoms with Gasteiger partial charge in [-0.15, -0.1) is 0 Å². The number of aromatic nitrogens is 1. The fraction of sp³-hybridized carbons (Fsp3) is 0.286. The lowest BCUT2D eigenvalue weighted by molar-refractivity contribution is -0.117. The van der Waals surface area contributed by atoms with Crippen LogP contribution in [0.15, 0.2) is 35.1 Å². The molecule has 1 amide bonds. The Morgan fingerprint density at radius 2 is 2.00 bits per heavy atom. The number of amides is 1. The molecule has 1 aromatic heterocycles. The largest absolute Gasteiger partial charge is 0.341 e. The number of carbonyl (C=O) groups excluding carboxylic acids is 1. The van der Waals surface area contributed by atoms with Crippen LogP contribution in [0.5, 0.6) is 0 Å². The molecule has 0 bridgehead atoms. The number of primary sulfonamides is 1. The Labute approximate surface area is 126 Å². The van der Waals surface area contributed by atoms with E-state index in [2.05, 4.69) is 4.98 Å². The van der Waals surface area contributed by atoms with E-state index in [1.165, 1.54) is 11.0 Å². The number of hydrogen-bond donors (Lipinski definition) is 2. The SMILES string of the molecule is NS(=O)(=O)CC1CC(=O)N(c2cc(=O)c3ccccc3[nH]2)C1. The number of nitrogens with one attached hydrogen (secondary N) is 1. The lowest BCUT2D eigenvalue weighted by Crippen LogP contribution is -2.28. The average Bonchev–Trinajstić information content (AvgIpc) is 2.77. The Kier molecular flexibility index (Phi) is 3.50. The molecule has 2 heterocycles. The molecule has 3 rings (SSSR count). The van der Waals surface area contributed by atoms with Gasteiger partial charge < -0.3 is 4.98 Å². The van der Waals surface area contributed by atoms with Crippen molar-refractivity contribution in [2.24, 2.45) is 11.1 Å². The number of para-hydroxylation sites is 1. The van der Waals surface area contributed by atoms with Crippen LogP contribution in [-0.2, 0) is 14.8 Å². The van der Waals surface area contributed by atoms with Crippen LogP contribution in [0.3, 0.4) is 0 Å². The van der Waals surface area contributed by atoms with E-state index in [1.54, 1.807) is 24.3 Å². The minimum Gasteiger partial charge on any atom is -0.341 e. The highest BCUT2D eigenvalue weighted by Crippen LogP contribution is 2.24. The van der Waals surface area contributed by atoms with Crippen molar-refractivity contribution in [3.05, 3.63) is 40.6 Å². The van der Waals surface area contributed by atoms with Crippen LogP contribution >= 0.6 is 0 Å². The maximum atomic E-state index is 12.1. The predicted molar refractivity (Wildman–Crippen MR) is 83.0 cm³/mol. The van der Waals surface area contributed by atoms with Crippen molar-refractivity contribution in [3.63, 3.8) is 0 Å². The smallest absolute Gasteiger partial charge is 0.228 e. The molecular formula is C14H15N3O4S. The second kappa shape index (κ2) is 5.22. The fourth-order valence-corrected chi connectivity index (χ4v) is 3.66. The van der Waals surface area contributed by atoms with Gasteiger partial charge in [0.2, 0.25) is 15.9 Å². The zero-order chi connectivity index (χ0) is 15.9. The summed E-state index contributed by atoms with van der Waals surface area (Å²) >= 11 is 0. The van der Waals surface area contributed by atoms with Gasteiger partial charge in [-0.3, -0.25) is 14.5 Å². The first-order valence-electron chi connectivity index (χ1n) is 6.76. The third-order valence-electron chi connectivity index (χ3n) is 3.69. The molecule has 0 aliphatic carbocycles. The zero-order valence-corrected chi connectivity index (χ0v) is 12.5. The van der Waals surface area contributed by atoms with E-state index in [0.717, 1.165) is 0 Å². The molecule has 0 radical (unpaired) electrons. The van der Waals surface area contributed by atoms with Crippen molar-refractivity contribution in [2.75, 3.05) is 17.2 Å². The monoisotopic (exact) mass is 321 g/mol. The van der Waals surface area contributed by atoms with Crippen LogP contribution in [0.25, 0.3) is 10.9 Å². The van der Waals surface area contributed by atoms with Crippen molar-refractivity contribution in [2.45, 2.75) is 6.42 Å². The molecule has 1 aliphatic heterocycles. The molecule has 1 aromatic carbocycles. The first-order chi connectivity index (χ1) is 10.3. The molecule has 0 saturated carbocycles. The Bertz CT molecular complexity index is 904. The number of H-pyrrole nitrogens is 1. The number of pyridine rings is 1. The Hall–Kier alpha value is -2.19. The number of nitrogens with two attached hydrogens (primary N) is 1. The van der Waals surface area contributed by atoms with Crippen molar-refractivity contribution >= 4 is 32.7 Å². The Balaban J connectivity index is 1.95. The zero-order valence-electron chi connectivity index (χ0n) is 11.7. The van der Waals surface area contributed by atoms with Crippen molar-refractivity contribution in [1.82, 2.24) is 4.98 Å². The summed E-state index contributed by atoms with van der Waals surface area (Å²) in [6.45, 7) is 0.226. The standard InChI is InChI=1S/C14H15N3O4S/c15-22(20,21)8-9-5-14(19)17(7-9)13-6-12(18)10-3-1-2-4-11(10)16-13/h1-4,6,9H,5,7-8H2,(H,16,18)(H2,15,20,21). The molecule has 1 fully saturated rings. The molecule has 8 heteroatoms. The first-order valence-corrected chi connectivity index (χ1v) is 8.48. The number of carbonyl (C=O) groups is 1. The van der Waals surface area contributed by atoms with Gasteiger partial charge in [0, 0.05) is 30.3 Å². The van der Waals surface area contributed by atoms with Crippen molar-refractivity contribution in [3.8, 4) is 0 Å². The summed E-state index contributed by atoms with van der Waals surface area (Å²) in [6, 6.07) is 8.37. The van der Waals surface area contributed by atoms with E-state index in [1.807, 2.05) is 0 Å². The molecule has 1 saturated heterocycles. The minimum absolute atomic E-state index is 0.102. The number of nitrogens with zero attached hydrogens (tertiary/aromatic N) is 1. The summed E-state index contributed by atoms with van der Waals surface area (Å²) in [5, 5.41) is 5.57. The highest BCUT2D eigenvalue weighted by molar-refractivity contribution is 7.89. The lowest BCUT2D eigenvalue weighted by atomic mass is 10.1. The topological polar surface area (TPSA) is 113 Å². The molecule has 2 aromatic rings. The molecule has 116 valence electrons. The number of rotatable bonds is 3. The normalized spacial score (nSPS) is 19.0. The molecule has 1 unspecified atom stereocenters. The van der Waals surface area contributed by atoms with Gasteiger partial charge in [-0.1, -0.05) is 12.1 Å². The molecule has 0 spiro atoms. The van der Waals surface area contributed by atoms with E-state index in [9.17, 15) is 18.0 Å². The van der Waals surface area contributed by atoms with Gasteiger partial charge in [-0.2, -0.15) is 0 Å². The number of hydrogen-bond acceptors (Lipinski definition) is 4. The molecule has 3 N–H and O–H groups in total. The molecule has 7 nitrogen and oxygen atoms in total. The predicted octanol–water partition coefficient (Wildman–Crippen LogP) is 0.170. The summed E-state index contributed by atoms with van der Waals surface area (Å²) in [5.41, 5.74) is 0.444. The van der Waals surface area contributed by atoms with Crippen LogP contribution in [0, 0.1) is 5.92 Å². The van der Waals surface area contributed by atoms with Crippen LogP contribution in [0.4, 0.5) is 5.82 Å². The van der Waals surface area contributed by atoms with Gasteiger partial charge in [0.1, 0.15) is 5.82 Å². The summed E-state index contributed by atoms with van der Waals surface area (Å²) in [7, 11) is -3.63. The number of sulfonamides is 1. The van der Waals surface area contributed by atoms with Crippen molar-refractivity contribution in [1.29, 1.82) is 0 Å².